The van der Waals surface area contributed by atoms with Crippen LogP contribution in [0.15, 0.2) is 10.3 Å². The second kappa shape index (κ2) is 3.01. The quantitative estimate of drug-likeness (QED) is 0.560. The van der Waals surface area contributed by atoms with Gasteiger partial charge in [0.15, 0.2) is 12.1 Å². The van der Waals surface area contributed by atoms with Gasteiger partial charge in [-0.3, -0.25) is 24.3 Å². The number of aliphatic carboxylic acids is 1. The van der Waals surface area contributed by atoms with Crippen LogP contribution in [0.2, 0.25) is 0 Å². The van der Waals surface area contributed by atoms with Crippen LogP contribution in [0.3, 0.4) is 0 Å². The van der Waals surface area contributed by atoms with E-state index in [0.29, 0.717) is 0 Å². The van der Waals surface area contributed by atoms with Gasteiger partial charge < -0.3 is 5.11 Å². The number of carbonyl (C=O) groups is 3. The van der Waals surface area contributed by atoms with Crippen LogP contribution in [-0.4, -0.2) is 58.5 Å². The van der Waals surface area contributed by atoms with E-state index < -0.39 is 36.4 Å². The van der Waals surface area contributed by atoms with Gasteiger partial charge in [-0.15, -0.1) is 0 Å². The highest BCUT2D eigenvalue weighted by Crippen LogP contribution is 2.26. The first-order valence-corrected chi connectivity index (χ1v) is 4.23. The fourth-order valence-electron chi connectivity index (χ4n) is 1.62. The number of carboxylic acid groups (broad SMARTS) is 1. The number of carbonyl (C=O) groups excluding carboxylic acids is 2. The molecule has 8 heteroatoms. The van der Waals surface area contributed by atoms with Crippen LogP contribution in [-0.2, 0) is 14.4 Å². The first kappa shape index (κ1) is 9.56. The SMILES string of the molecule is CN1C(=O)[C@@H]2[C@@H](N=NN2CC(=O)O)C1=O. The van der Waals surface area contributed by atoms with Crippen LogP contribution in [0.5, 0.6) is 0 Å². The molecule has 0 spiro atoms. The molecule has 1 N–H and O–H groups in total. The van der Waals surface area contributed by atoms with Crippen LogP contribution >= 0.6 is 0 Å². The summed E-state index contributed by atoms with van der Waals surface area (Å²) in [5, 5.41) is 16.7. The molecule has 2 aliphatic heterocycles. The molecule has 0 aromatic heterocycles. The zero-order valence-corrected chi connectivity index (χ0v) is 7.82. The lowest BCUT2D eigenvalue weighted by atomic mass is 10.2. The summed E-state index contributed by atoms with van der Waals surface area (Å²) in [5.74, 6) is -2.03. The van der Waals surface area contributed by atoms with Gasteiger partial charge in [-0.1, -0.05) is 5.22 Å². The lowest BCUT2D eigenvalue weighted by Crippen LogP contribution is -2.41. The second-order valence-electron chi connectivity index (χ2n) is 3.32. The average Bonchev–Trinajstić information content (AvgIpc) is 2.64. The fourth-order valence-corrected chi connectivity index (χ4v) is 1.62. The number of rotatable bonds is 2. The van der Waals surface area contributed by atoms with E-state index in [4.69, 9.17) is 5.11 Å². The van der Waals surface area contributed by atoms with Crippen LogP contribution in [0.4, 0.5) is 0 Å². The molecule has 0 aliphatic carbocycles. The minimum Gasteiger partial charge on any atom is -0.480 e. The second-order valence-corrected chi connectivity index (χ2v) is 3.32. The van der Waals surface area contributed by atoms with Crippen molar-refractivity contribution < 1.29 is 19.5 Å². The van der Waals surface area contributed by atoms with Gasteiger partial charge in [0, 0.05) is 7.05 Å². The molecular weight excluding hydrogens is 204 g/mol. The Morgan fingerprint density at radius 2 is 2.13 bits per heavy atom. The number of hydrogen-bond acceptors (Lipinski definition) is 6. The number of fused-ring (bicyclic) bond motifs is 1. The lowest BCUT2D eigenvalue weighted by molar-refractivity contribution is -0.140. The fraction of sp³-hybridized carbons (Fsp3) is 0.571. The molecule has 2 heterocycles. The normalized spacial score (nSPS) is 28.9. The maximum atomic E-state index is 11.5. The van der Waals surface area contributed by atoms with E-state index in [-0.39, 0.29) is 0 Å². The van der Waals surface area contributed by atoms with Crippen molar-refractivity contribution in [3.05, 3.63) is 0 Å². The van der Waals surface area contributed by atoms with Gasteiger partial charge in [0.2, 0.25) is 0 Å². The number of nitrogens with zero attached hydrogens (tertiary/aromatic N) is 4. The van der Waals surface area contributed by atoms with E-state index in [9.17, 15) is 14.4 Å². The summed E-state index contributed by atoms with van der Waals surface area (Å²) in [6, 6.07) is -1.75. The number of likely N-dealkylation sites (tertiary alicyclic amines) is 1. The van der Waals surface area contributed by atoms with Crippen molar-refractivity contribution in [2.45, 2.75) is 12.1 Å². The minimum absolute atomic E-state index is 0.433. The third-order valence-corrected chi connectivity index (χ3v) is 2.38. The molecule has 0 aromatic carbocycles. The molecule has 2 atom stereocenters. The van der Waals surface area contributed by atoms with Crippen molar-refractivity contribution in [2.24, 2.45) is 10.3 Å². The number of likely N-dealkylation sites (N-methyl/N-ethyl adjacent to an activating group) is 1. The monoisotopic (exact) mass is 212 g/mol. The maximum absolute atomic E-state index is 11.5. The van der Waals surface area contributed by atoms with Crippen molar-refractivity contribution in [3.8, 4) is 0 Å². The van der Waals surface area contributed by atoms with Crippen LogP contribution in [0.25, 0.3) is 0 Å². The molecule has 2 amide bonds. The van der Waals surface area contributed by atoms with Crippen molar-refractivity contribution in [1.29, 1.82) is 0 Å². The molecule has 0 unspecified atom stereocenters. The standard InChI is InChI=1S/C7H8N4O4/c1-10-6(14)4-5(7(10)15)11(9-8-4)2-3(12)13/h4-5H,2H2,1H3,(H,12,13)/t4-,5+/m1/s1. The molecule has 15 heavy (non-hydrogen) atoms. The van der Waals surface area contributed by atoms with E-state index in [1.807, 2.05) is 0 Å². The largest absolute Gasteiger partial charge is 0.480 e. The smallest absolute Gasteiger partial charge is 0.324 e. The summed E-state index contributed by atoms with van der Waals surface area (Å²) >= 11 is 0. The van der Waals surface area contributed by atoms with Gasteiger partial charge >= 0.3 is 5.97 Å². The van der Waals surface area contributed by atoms with Crippen molar-refractivity contribution in [3.63, 3.8) is 0 Å². The summed E-state index contributed by atoms with van der Waals surface area (Å²) in [4.78, 5) is 34.4. The Morgan fingerprint density at radius 1 is 1.47 bits per heavy atom. The third kappa shape index (κ3) is 1.25. The Balaban J connectivity index is 2.22. The average molecular weight is 212 g/mol. The Labute approximate surface area is 84.1 Å². The summed E-state index contributed by atoms with van der Waals surface area (Å²) < 4.78 is 0. The predicted molar refractivity (Wildman–Crippen MR) is 44.6 cm³/mol. The van der Waals surface area contributed by atoms with E-state index in [0.717, 1.165) is 9.91 Å². The van der Waals surface area contributed by atoms with Gasteiger partial charge in [-0.25, -0.2) is 0 Å². The van der Waals surface area contributed by atoms with Crippen molar-refractivity contribution in [1.82, 2.24) is 9.91 Å². The molecule has 2 rings (SSSR count). The molecule has 0 bridgehead atoms. The molecule has 80 valence electrons. The van der Waals surface area contributed by atoms with Crippen LogP contribution in [0, 0.1) is 0 Å². The number of amides is 2. The summed E-state index contributed by atoms with van der Waals surface area (Å²) in [6.07, 6.45) is 0. The van der Waals surface area contributed by atoms with Crippen molar-refractivity contribution in [2.75, 3.05) is 13.6 Å². The Kier molecular flexibility index (Phi) is 1.92. The summed E-state index contributed by atoms with van der Waals surface area (Å²) in [6.45, 7) is -0.433. The lowest BCUT2D eigenvalue weighted by Gasteiger charge is -2.16. The van der Waals surface area contributed by atoms with Gasteiger partial charge in [0.25, 0.3) is 11.8 Å². The molecule has 0 radical (unpaired) electrons. The highest BCUT2D eigenvalue weighted by molar-refractivity contribution is 6.09. The maximum Gasteiger partial charge on any atom is 0.324 e. The highest BCUT2D eigenvalue weighted by atomic mass is 16.4. The molecule has 2 aliphatic rings. The number of hydrogen-bond donors (Lipinski definition) is 1. The molecule has 8 nitrogen and oxygen atoms in total. The highest BCUT2D eigenvalue weighted by Gasteiger charge is 2.53. The van der Waals surface area contributed by atoms with Gasteiger partial charge in [0.05, 0.1) is 0 Å². The summed E-state index contributed by atoms with van der Waals surface area (Å²) in [7, 11) is 1.34. The zero-order chi connectivity index (χ0) is 11.2. The van der Waals surface area contributed by atoms with Gasteiger partial charge in [-0.2, -0.15) is 5.11 Å². The predicted octanol–water partition coefficient (Wildman–Crippen LogP) is -1.51. The Hall–Kier alpha value is -1.99. The molecule has 1 fully saturated rings. The zero-order valence-electron chi connectivity index (χ0n) is 7.82. The molecule has 1 saturated heterocycles. The van der Waals surface area contributed by atoms with E-state index in [1.54, 1.807) is 0 Å². The molecule has 0 aromatic rings. The van der Waals surface area contributed by atoms with E-state index >= 15 is 0 Å². The van der Waals surface area contributed by atoms with Crippen molar-refractivity contribution >= 4 is 17.8 Å². The first-order chi connectivity index (χ1) is 7.02. The van der Waals surface area contributed by atoms with Crippen LogP contribution in [0.1, 0.15) is 0 Å². The minimum atomic E-state index is -1.12. The number of carboxylic acids is 1. The summed E-state index contributed by atoms with van der Waals surface area (Å²) in [5.41, 5.74) is 0. The third-order valence-electron chi connectivity index (χ3n) is 2.38. The van der Waals surface area contributed by atoms with Crippen LogP contribution < -0.4 is 0 Å². The molecule has 0 saturated carbocycles. The Bertz CT molecular complexity index is 379. The van der Waals surface area contributed by atoms with E-state index in [1.165, 1.54) is 7.05 Å². The van der Waals surface area contributed by atoms with Gasteiger partial charge in [-0.05, 0) is 0 Å². The number of imide groups is 1. The van der Waals surface area contributed by atoms with Gasteiger partial charge in [0.1, 0.15) is 6.54 Å². The first-order valence-electron chi connectivity index (χ1n) is 4.23. The molecular formula is C7H8N4O4. The van der Waals surface area contributed by atoms with E-state index in [2.05, 4.69) is 10.3 Å². The topological polar surface area (TPSA) is 103 Å². The Morgan fingerprint density at radius 3 is 2.73 bits per heavy atom.